The third-order valence-electron chi connectivity index (χ3n) is 1.30. The predicted octanol–water partition coefficient (Wildman–Crippen LogP) is 2.01. The minimum atomic E-state index is -1.12. The molecule has 5 heteroatoms. The van der Waals surface area contributed by atoms with Gasteiger partial charge in [-0.25, -0.2) is 9.78 Å². The van der Waals surface area contributed by atoms with Crippen molar-refractivity contribution in [3.05, 3.63) is 17.8 Å². The highest BCUT2D eigenvalue weighted by Gasteiger charge is 2.10. The molecule has 0 aromatic carbocycles. The highest BCUT2D eigenvalue weighted by Crippen LogP contribution is 2.16. The van der Waals surface area contributed by atoms with Crippen molar-refractivity contribution in [2.75, 3.05) is 0 Å². The molecular weight excluding hydrogens is 190 g/mol. The van der Waals surface area contributed by atoms with Gasteiger partial charge < -0.3 is 9.52 Å². The largest absolute Gasteiger partial charge is 0.474 e. The maximum Gasteiger partial charge on any atom is 0.392 e. The molecule has 0 aliphatic heterocycles. The Bertz CT molecular complexity index is 295. The van der Waals surface area contributed by atoms with E-state index in [1.54, 1.807) is 11.8 Å². The van der Waals surface area contributed by atoms with Crippen LogP contribution in [0.5, 0.6) is 0 Å². The molecule has 0 amide bonds. The van der Waals surface area contributed by atoms with E-state index in [-0.39, 0.29) is 5.89 Å². The maximum atomic E-state index is 10.4. The molecule has 1 heterocycles. The van der Waals surface area contributed by atoms with Crippen molar-refractivity contribution in [1.82, 2.24) is 4.98 Å². The lowest BCUT2D eigenvalue weighted by Gasteiger charge is -1.99. The molecule has 0 radical (unpaired) electrons. The summed E-state index contributed by atoms with van der Waals surface area (Å²) in [6.07, 6.45) is 1.39. The second kappa shape index (κ2) is 4.32. The van der Waals surface area contributed by atoms with Crippen LogP contribution in [0.25, 0.3) is 0 Å². The molecular formula is C8H11NO3S. The first-order chi connectivity index (χ1) is 6.09. The summed E-state index contributed by atoms with van der Waals surface area (Å²) in [7, 11) is 0. The van der Waals surface area contributed by atoms with Crippen molar-refractivity contribution in [2.24, 2.45) is 0 Å². The molecule has 0 fully saturated rings. The average Bonchev–Trinajstić information content (AvgIpc) is 2.48. The fourth-order valence-corrected chi connectivity index (χ4v) is 1.36. The molecule has 0 spiro atoms. The summed E-state index contributed by atoms with van der Waals surface area (Å²) in [6.45, 7) is 4.14. The number of carboxylic acids is 1. The summed E-state index contributed by atoms with van der Waals surface area (Å²) in [5, 5.41) is 9.02. The van der Waals surface area contributed by atoms with Gasteiger partial charge in [0.2, 0.25) is 0 Å². The Kier molecular flexibility index (Phi) is 3.36. The van der Waals surface area contributed by atoms with E-state index in [1.807, 2.05) is 0 Å². The minimum absolute atomic E-state index is 0.237. The van der Waals surface area contributed by atoms with E-state index in [9.17, 15) is 4.79 Å². The quantitative estimate of drug-likeness (QED) is 0.807. The topological polar surface area (TPSA) is 63.3 Å². The zero-order valence-corrected chi connectivity index (χ0v) is 8.30. The van der Waals surface area contributed by atoms with Gasteiger partial charge in [-0.1, -0.05) is 13.8 Å². The number of aromatic carboxylic acids is 1. The normalized spacial score (nSPS) is 10.7. The fourth-order valence-electron chi connectivity index (χ4n) is 0.724. The molecule has 72 valence electrons. The number of thioether (sulfide) groups is 1. The van der Waals surface area contributed by atoms with Crippen LogP contribution in [0.4, 0.5) is 0 Å². The van der Waals surface area contributed by atoms with E-state index in [2.05, 4.69) is 18.8 Å². The Hall–Kier alpha value is -0.970. The number of nitrogens with zero attached hydrogens (tertiary/aromatic N) is 1. The maximum absolute atomic E-state index is 10.4. The molecule has 1 rings (SSSR count). The van der Waals surface area contributed by atoms with Crippen LogP contribution in [0.15, 0.2) is 10.7 Å². The Morgan fingerprint density at radius 2 is 2.46 bits per heavy atom. The molecule has 0 aliphatic rings. The first-order valence-electron chi connectivity index (χ1n) is 3.89. The Balaban J connectivity index is 2.54. The van der Waals surface area contributed by atoms with E-state index >= 15 is 0 Å². The van der Waals surface area contributed by atoms with Crippen molar-refractivity contribution < 1.29 is 14.3 Å². The van der Waals surface area contributed by atoms with Gasteiger partial charge >= 0.3 is 11.9 Å². The van der Waals surface area contributed by atoms with Crippen molar-refractivity contribution >= 4 is 17.7 Å². The van der Waals surface area contributed by atoms with Crippen LogP contribution in [-0.4, -0.2) is 21.3 Å². The molecule has 0 saturated heterocycles. The molecule has 1 aromatic rings. The number of carboxylic acid groups (broad SMARTS) is 1. The lowest BCUT2D eigenvalue weighted by molar-refractivity contribution is 0.0653. The lowest BCUT2D eigenvalue weighted by atomic mass is 10.5. The van der Waals surface area contributed by atoms with Crippen LogP contribution in [0.1, 0.15) is 30.2 Å². The second-order valence-electron chi connectivity index (χ2n) is 2.81. The third kappa shape index (κ3) is 3.10. The number of oxazole rings is 1. The number of hydrogen-bond donors (Lipinski definition) is 1. The molecule has 0 saturated carbocycles. The molecule has 4 nitrogen and oxygen atoms in total. The summed E-state index contributed by atoms with van der Waals surface area (Å²) in [4.78, 5) is 14.2. The van der Waals surface area contributed by atoms with E-state index in [1.165, 1.54) is 6.26 Å². The van der Waals surface area contributed by atoms with Crippen molar-refractivity contribution in [2.45, 2.75) is 24.9 Å². The van der Waals surface area contributed by atoms with Gasteiger partial charge in [0, 0.05) is 5.75 Å². The SMILES string of the molecule is CC(C)SCc1coc(C(=O)O)n1. The van der Waals surface area contributed by atoms with Crippen molar-refractivity contribution in [1.29, 1.82) is 0 Å². The van der Waals surface area contributed by atoms with Crippen LogP contribution in [0, 0.1) is 0 Å². The lowest BCUT2D eigenvalue weighted by Crippen LogP contribution is -1.96. The van der Waals surface area contributed by atoms with Crippen LogP contribution in [0.2, 0.25) is 0 Å². The Labute approximate surface area is 80.3 Å². The Morgan fingerprint density at radius 3 is 2.92 bits per heavy atom. The standard InChI is InChI=1S/C8H11NO3S/c1-5(2)13-4-6-3-12-7(9-6)8(10)11/h3,5H,4H2,1-2H3,(H,10,11). The van der Waals surface area contributed by atoms with Crippen LogP contribution in [0.3, 0.4) is 0 Å². The minimum Gasteiger partial charge on any atom is -0.474 e. The predicted molar refractivity (Wildman–Crippen MR) is 49.9 cm³/mol. The van der Waals surface area contributed by atoms with Gasteiger partial charge in [0.15, 0.2) is 0 Å². The van der Waals surface area contributed by atoms with Gasteiger partial charge in [-0.15, -0.1) is 0 Å². The monoisotopic (exact) mass is 201 g/mol. The van der Waals surface area contributed by atoms with Crippen LogP contribution >= 0.6 is 11.8 Å². The van der Waals surface area contributed by atoms with Crippen LogP contribution in [-0.2, 0) is 5.75 Å². The number of hydrogen-bond acceptors (Lipinski definition) is 4. The summed E-state index contributed by atoms with van der Waals surface area (Å²) in [5.74, 6) is -0.672. The summed E-state index contributed by atoms with van der Waals surface area (Å²) >= 11 is 1.69. The van der Waals surface area contributed by atoms with E-state index in [0.717, 1.165) is 0 Å². The third-order valence-corrected chi connectivity index (χ3v) is 2.43. The highest BCUT2D eigenvalue weighted by atomic mass is 32.2. The second-order valence-corrected chi connectivity index (χ2v) is 4.37. The van der Waals surface area contributed by atoms with Gasteiger partial charge in [0.25, 0.3) is 0 Å². The zero-order valence-electron chi connectivity index (χ0n) is 7.48. The van der Waals surface area contributed by atoms with E-state index in [4.69, 9.17) is 9.52 Å². The molecule has 0 atom stereocenters. The molecule has 0 unspecified atom stereocenters. The van der Waals surface area contributed by atoms with Gasteiger partial charge in [-0.3, -0.25) is 0 Å². The molecule has 13 heavy (non-hydrogen) atoms. The zero-order chi connectivity index (χ0) is 9.84. The van der Waals surface area contributed by atoms with Crippen LogP contribution < -0.4 is 0 Å². The van der Waals surface area contributed by atoms with E-state index in [0.29, 0.717) is 16.7 Å². The number of rotatable bonds is 4. The van der Waals surface area contributed by atoms with E-state index < -0.39 is 5.97 Å². The smallest absolute Gasteiger partial charge is 0.392 e. The first kappa shape index (κ1) is 10.1. The van der Waals surface area contributed by atoms with Gasteiger partial charge in [0.05, 0.1) is 5.69 Å². The summed E-state index contributed by atoms with van der Waals surface area (Å²) in [5.41, 5.74) is 0.677. The average molecular weight is 201 g/mol. The molecule has 0 aliphatic carbocycles. The number of aromatic nitrogens is 1. The van der Waals surface area contributed by atoms with Crippen molar-refractivity contribution in [3.8, 4) is 0 Å². The first-order valence-corrected chi connectivity index (χ1v) is 4.93. The molecule has 0 bridgehead atoms. The number of carbonyl (C=O) groups is 1. The summed E-state index contributed by atoms with van der Waals surface area (Å²) < 4.78 is 4.73. The Morgan fingerprint density at radius 1 is 1.77 bits per heavy atom. The fraction of sp³-hybridized carbons (Fsp3) is 0.500. The van der Waals surface area contributed by atoms with Crippen molar-refractivity contribution in [3.63, 3.8) is 0 Å². The van der Waals surface area contributed by atoms with Gasteiger partial charge in [-0.05, 0) is 5.25 Å². The van der Waals surface area contributed by atoms with Gasteiger partial charge in [0.1, 0.15) is 6.26 Å². The highest BCUT2D eigenvalue weighted by molar-refractivity contribution is 7.99. The molecule has 1 aromatic heterocycles. The summed E-state index contributed by atoms with van der Waals surface area (Å²) in [6, 6.07) is 0. The van der Waals surface area contributed by atoms with Gasteiger partial charge in [-0.2, -0.15) is 11.8 Å². The molecule has 1 N–H and O–H groups in total.